The molecule has 2 aliphatic heterocycles. The summed E-state index contributed by atoms with van der Waals surface area (Å²) < 4.78 is 34.1. The fourth-order valence-corrected chi connectivity index (χ4v) is 10.7. The van der Waals surface area contributed by atoms with Gasteiger partial charge in [-0.15, -0.1) is 11.6 Å². The third-order valence-electron chi connectivity index (χ3n) is 14.7. The molecule has 0 aliphatic carbocycles. The van der Waals surface area contributed by atoms with Gasteiger partial charge < -0.3 is 49.7 Å². The number of aryl methyl sites for hydroxylation is 3. The van der Waals surface area contributed by atoms with Crippen molar-refractivity contribution in [3.8, 4) is 34.8 Å². The van der Waals surface area contributed by atoms with Gasteiger partial charge in [0.15, 0.2) is 34.2 Å². The van der Waals surface area contributed by atoms with Crippen LogP contribution in [0.15, 0.2) is 123 Å². The van der Waals surface area contributed by atoms with Crippen molar-refractivity contribution in [1.29, 1.82) is 0 Å². The zero-order chi connectivity index (χ0) is 60.1. The molecule has 87 heavy (non-hydrogen) atoms. The van der Waals surface area contributed by atoms with Crippen molar-refractivity contribution >= 4 is 46.4 Å². The van der Waals surface area contributed by atoms with E-state index in [9.17, 15) is 0 Å². The predicted molar refractivity (Wildman–Crippen MR) is 325 cm³/mol. The summed E-state index contributed by atoms with van der Waals surface area (Å²) in [6, 6.07) is 28.9. The van der Waals surface area contributed by atoms with Gasteiger partial charge in [0.1, 0.15) is 17.3 Å². The quantitative estimate of drug-likeness (QED) is 0.0772. The second kappa shape index (κ2) is 25.6. The number of nitrogens with two attached hydrogens (primary N) is 3. The SMILES string of the molecule is Cc1ccc(-c2nc(N)nc3c(Cc4cccc(CCl)n4)cnn23)o1.Cc1ccc(-c2nc(N)nc3c(Cc4cccc(CO[C@H]5CCN(C)C5)n4)cnn23)o1.Cc1ccc(-c2nc(N)nc3c(Cc4cccc(CO[C@H]5CCN(C)C5)n4)cnn23)o1. The highest BCUT2D eigenvalue weighted by atomic mass is 35.5. The third-order valence-corrected chi connectivity index (χ3v) is 15.0. The zero-order valence-electron chi connectivity index (χ0n) is 48.8. The summed E-state index contributed by atoms with van der Waals surface area (Å²) in [6.45, 7) is 10.8. The first-order valence-corrected chi connectivity index (χ1v) is 29.0. The van der Waals surface area contributed by atoms with Crippen molar-refractivity contribution in [3.63, 3.8) is 0 Å². The molecule has 0 amide bonds. The van der Waals surface area contributed by atoms with E-state index in [2.05, 4.69) is 74.1 Å². The van der Waals surface area contributed by atoms with E-state index in [1.807, 2.05) is 112 Å². The molecule has 0 spiro atoms. The molecule has 446 valence electrons. The van der Waals surface area contributed by atoms with E-state index in [1.54, 1.807) is 32.1 Å². The minimum absolute atomic E-state index is 0.167. The molecule has 12 aromatic heterocycles. The van der Waals surface area contributed by atoms with Gasteiger partial charge >= 0.3 is 0 Å². The molecule has 0 bridgehead atoms. The Morgan fingerprint density at radius 3 is 1.09 bits per heavy atom. The first-order chi connectivity index (χ1) is 42.2. The molecule has 2 saturated heterocycles. The van der Waals surface area contributed by atoms with Crippen LogP contribution in [0.2, 0.25) is 0 Å². The number of rotatable bonds is 16. The molecule has 6 N–H and O–H groups in total. The molecule has 2 fully saturated rings. The molecule has 0 radical (unpaired) electrons. The highest BCUT2D eigenvalue weighted by molar-refractivity contribution is 6.16. The maximum atomic E-state index is 6.03. The number of likely N-dealkylation sites (N-methyl/N-ethyl adjacent to an activating group) is 2. The largest absolute Gasteiger partial charge is 0.458 e. The summed E-state index contributed by atoms with van der Waals surface area (Å²) in [5.74, 6) is 6.62. The van der Waals surface area contributed by atoms with Crippen molar-refractivity contribution < 1.29 is 22.7 Å². The minimum atomic E-state index is 0.167. The lowest BCUT2D eigenvalue weighted by Crippen LogP contribution is -2.19. The summed E-state index contributed by atoms with van der Waals surface area (Å²) in [7, 11) is 4.24. The monoisotopic (exact) mass is 1190 g/mol. The molecule has 14 heterocycles. The highest BCUT2D eigenvalue weighted by Crippen LogP contribution is 2.28. The molecule has 2 aliphatic rings. The number of alkyl halides is 1. The van der Waals surface area contributed by atoms with Crippen molar-refractivity contribution in [1.82, 2.24) is 83.5 Å². The fourth-order valence-electron chi connectivity index (χ4n) is 10.5. The van der Waals surface area contributed by atoms with Gasteiger partial charge in [0.25, 0.3) is 0 Å². The Kier molecular flexibility index (Phi) is 17.0. The molecule has 0 unspecified atom stereocenters. The maximum absolute atomic E-state index is 6.03. The molecular formula is C61H65ClN20O5. The molecule has 2 atom stereocenters. The average molecular weight is 1190 g/mol. The first-order valence-electron chi connectivity index (χ1n) is 28.5. The number of pyridine rings is 3. The van der Waals surface area contributed by atoms with Gasteiger partial charge in [0.05, 0.1) is 67.0 Å². The highest BCUT2D eigenvalue weighted by Gasteiger charge is 2.24. The van der Waals surface area contributed by atoms with Crippen molar-refractivity contribution in [2.24, 2.45) is 0 Å². The van der Waals surface area contributed by atoms with Crippen LogP contribution in [0.5, 0.6) is 0 Å². The first kappa shape index (κ1) is 57.9. The van der Waals surface area contributed by atoms with Gasteiger partial charge in [-0.25, -0.2) is 0 Å². The lowest BCUT2D eigenvalue weighted by atomic mass is 10.1. The topological polar surface area (TPSA) is 310 Å². The Balaban J connectivity index is 0.000000128. The van der Waals surface area contributed by atoms with Crippen LogP contribution in [0.25, 0.3) is 51.7 Å². The predicted octanol–water partition coefficient (Wildman–Crippen LogP) is 7.96. The number of fused-ring (bicyclic) bond motifs is 3. The van der Waals surface area contributed by atoms with E-state index in [4.69, 9.17) is 61.5 Å². The van der Waals surface area contributed by atoms with Crippen LogP contribution in [0.4, 0.5) is 17.8 Å². The van der Waals surface area contributed by atoms with E-state index >= 15 is 0 Å². The minimum Gasteiger partial charge on any atom is -0.458 e. The number of hydrogen-bond donors (Lipinski definition) is 3. The molecule has 0 saturated carbocycles. The molecule has 25 nitrogen and oxygen atoms in total. The third kappa shape index (κ3) is 13.6. The van der Waals surface area contributed by atoms with Gasteiger partial charge in [-0.05, 0) is 121 Å². The Morgan fingerprint density at radius 1 is 0.448 bits per heavy atom. The number of furan rings is 3. The normalized spacial score (nSPS) is 15.4. The van der Waals surface area contributed by atoms with E-state index < -0.39 is 0 Å². The average Bonchev–Trinajstić information content (AvgIpc) is 1.88. The number of anilines is 3. The lowest BCUT2D eigenvalue weighted by molar-refractivity contribution is 0.0463. The summed E-state index contributed by atoms with van der Waals surface area (Å²) in [6.07, 6.45) is 9.72. The fraction of sp³-hybridized carbons (Fsp3) is 0.311. The summed E-state index contributed by atoms with van der Waals surface area (Å²) in [5, 5.41) is 13.4. The van der Waals surface area contributed by atoms with Crippen molar-refractivity contribution in [2.45, 2.75) is 84.2 Å². The Bertz CT molecular complexity index is 4170. The molecule has 14 rings (SSSR count). The second-order valence-electron chi connectivity index (χ2n) is 21.7. The second-order valence-corrected chi connectivity index (χ2v) is 21.9. The van der Waals surface area contributed by atoms with Gasteiger partial charge in [0, 0.05) is 79.2 Å². The van der Waals surface area contributed by atoms with Gasteiger partial charge in [-0.2, -0.15) is 58.7 Å². The smallest absolute Gasteiger partial charge is 0.224 e. The van der Waals surface area contributed by atoms with Crippen LogP contribution < -0.4 is 17.2 Å². The number of hydrogen-bond acceptors (Lipinski definition) is 22. The van der Waals surface area contributed by atoms with E-state index in [0.29, 0.717) is 90.1 Å². The molecule has 0 aromatic carbocycles. The van der Waals surface area contributed by atoms with E-state index in [0.717, 1.165) is 107 Å². The number of halogens is 1. The van der Waals surface area contributed by atoms with Crippen molar-refractivity contribution in [2.75, 3.05) is 57.5 Å². The van der Waals surface area contributed by atoms with Crippen LogP contribution in [0.3, 0.4) is 0 Å². The number of likely N-dealkylation sites (tertiary alicyclic amines) is 2. The Labute approximate surface area is 504 Å². The van der Waals surface area contributed by atoms with Crippen LogP contribution in [0.1, 0.15) is 81.0 Å². The maximum Gasteiger partial charge on any atom is 0.224 e. The van der Waals surface area contributed by atoms with Crippen LogP contribution in [0, 0.1) is 20.8 Å². The lowest BCUT2D eigenvalue weighted by Gasteiger charge is -2.12. The standard InChI is InChI=1S/2C22H25N7O2.C17H15ClN6O/c2*1-14-6-7-19(31-14)21-27-22(23)26-20-15(11-24-29(20)21)10-16-4-3-5-17(25-16)13-30-18-8-9-28(2)12-18;1-10-5-6-14(25-10)16-23-17(19)22-15-11(9-20-24(15)16)7-12-3-2-4-13(8-18)21-12/h2*3-7,11,18H,8-10,12-13H2,1-2H3,(H2,23,26);2-6,9H,7-8H2,1H3,(H2,19,22)/t2*18-;/m00./s1. The Hall–Kier alpha value is -9.53. The molecular weight excluding hydrogens is 1130 g/mol. The van der Waals surface area contributed by atoms with Gasteiger partial charge in [-0.1, -0.05) is 18.2 Å². The van der Waals surface area contributed by atoms with Gasteiger partial charge in [0.2, 0.25) is 35.3 Å². The van der Waals surface area contributed by atoms with Gasteiger partial charge in [-0.3, -0.25) is 15.0 Å². The number of nitrogen functional groups attached to an aromatic ring is 3. The van der Waals surface area contributed by atoms with Crippen LogP contribution in [-0.2, 0) is 47.8 Å². The van der Waals surface area contributed by atoms with E-state index in [-0.39, 0.29) is 30.1 Å². The van der Waals surface area contributed by atoms with Crippen LogP contribution >= 0.6 is 11.6 Å². The Morgan fingerprint density at radius 2 is 0.782 bits per heavy atom. The number of nitrogens with zero attached hydrogens (tertiary/aromatic N) is 17. The zero-order valence-corrected chi connectivity index (χ0v) is 49.5. The number of ether oxygens (including phenoxy) is 2. The summed E-state index contributed by atoms with van der Waals surface area (Å²) in [5.41, 5.74) is 27.9. The number of aromatic nitrogens is 15. The summed E-state index contributed by atoms with van der Waals surface area (Å²) in [4.78, 5) is 44.7. The molecule has 12 aromatic rings. The van der Waals surface area contributed by atoms with Crippen LogP contribution in [-0.4, -0.2) is 136 Å². The summed E-state index contributed by atoms with van der Waals surface area (Å²) >= 11 is 5.86. The van der Waals surface area contributed by atoms with E-state index in [1.165, 1.54) is 0 Å². The molecule has 26 heteroatoms. The van der Waals surface area contributed by atoms with Crippen molar-refractivity contribution in [3.05, 3.63) is 178 Å².